The predicted molar refractivity (Wildman–Crippen MR) is 70.5 cm³/mol. The van der Waals surface area contributed by atoms with E-state index in [1.807, 2.05) is 37.3 Å². The molecule has 1 aromatic rings. The van der Waals surface area contributed by atoms with E-state index in [9.17, 15) is 9.59 Å². The zero-order valence-electron chi connectivity index (χ0n) is 10.9. The Balaban J connectivity index is 2.15. The highest BCUT2D eigenvalue weighted by Crippen LogP contribution is 2.08. The average Bonchev–Trinajstić information content (AvgIpc) is 2.42. The molecule has 0 unspecified atom stereocenters. The Morgan fingerprint density at radius 2 is 1.72 bits per heavy atom. The number of rotatable bonds is 8. The molecule has 3 heteroatoms. The van der Waals surface area contributed by atoms with Crippen LogP contribution in [0.5, 0.6) is 0 Å². The topological polar surface area (TPSA) is 43.4 Å². The minimum absolute atomic E-state index is 0.137. The molecule has 3 nitrogen and oxygen atoms in total. The van der Waals surface area contributed by atoms with Crippen LogP contribution in [0.2, 0.25) is 0 Å². The Labute approximate surface area is 108 Å². The molecule has 0 saturated carbocycles. The van der Waals surface area contributed by atoms with Gasteiger partial charge in [-0.25, -0.2) is 0 Å². The Hall–Kier alpha value is -1.64. The fourth-order valence-corrected chi connectivity index (χ4v) is 1.61. The molecule has 0 aromatic heterocycles. The van der Waals surface area contributed by atoms with E-state index in [1.165, 1.54) is 0 Å². The molecule has 0 aliphatic heterocycles. The van der Waals surface area contributed by atoms with E-state index in [0.717, 1.165) is 18.4 Å². The first-order valence-corrected chi connectivity index (χ1v) is 6.48. The van der Waals surface area contributed by atoms with Crippen LogP contribution in [-0.2, 0) is 9.53 Å². The Morgan fingerprint density at radius 3 is 2.39 bits per heavy atom. The van der Waals surface area contributed by atoms with E-state index in [4.69, 9.17) is 4.74 Å². The molecular formula is C15H20O3. The second-order valence-corrected chi connectivity index (χ2v) is 4.22. The molecule has 0 radical (unpaired) electrons. The van der Waals surface area contributed by atoms with Crippen LogP contribution in [0, 0.1) is 0 Å². The van der Waals surface area contributed by atoms with Crippen LogP contribution in [0.4, 0.5) is 0 Å². The number of hydrogen-bond acceptors (Lipinski definition) is 3. The molecule has 0 aliphatic carbocycles. The normalized spacial score (nSPS) is 10.1. The van der Waals surface area contributed by atoms with E-state index in [-0.39, 0.29) is 11.8 Å². The molecule has 0 heterocycles. The van der Waals surface area contributed by atoms with Crippen LogP contribution in [0.25, 0.3) is 0 Å². The summed E-state index contributed by atoms with van der Waals surface area (Å²) in [4.78, 5) is 23.0. The zero-order valence-corrected chi connectivity index (χ0v) is 10.9. The lowest BCUT2D eigenvalue weighted by atomic mass is 10.0. The monoisotopic (exact) mass is 248 g/mol. The number of benzene rings is 1. The molecule has 0 bridgehead atoms. The van der Waals surface area contributed by atoms with Gasteiger partial charge in [0.05, 0.1) is 6.61 Å². The number of ketones is 1. The summed E-state index contributed by atoms with van der Waals surface area (Å²) in [6.07, 6.45) is 3.18. The molecule has 18 heavy (non-hydrogen) atoms. The van der Waals surface area contributed by atoms with Gasteiger partial charge in [0, 0.05) is 18.4 Å². The Kier molecular flexibility index (Phi) is 6.77. The standard InChI is InChI=1S/C15H20O3/c1-2-12-18-15(17)11-7-6-10-14(16)13-8-4-3-5-9-13/h3-5,8-9H,2,6-7,10-12H2,1H3. The van der Waals surface area contributed by atoms with Crippen LogP contribution < -0.4 is 0 Å². The second kappa shape index (κ2) is 8.45. The number of carbonyl (C=O) groups excluding carboxylic acids is 2. The van der Waals surface area contributed by atoms with Gasteiger partial charge in [0.2, 0.25) is 0 Å². The first kappa shape index (κ1) is 14.4. The molecule has 0 atom stereocenters. The molecule has 0 amide bonds. The average molecular weight is 248 g/mol. The summed E-state index contributed by atoms with van der Waals surface area (Å²) >= 11 is 0. The van der Waals surface area contributed by atoms with E-state index in [0.29, 0.717) is 25.9 Å². The summed E-state index contributed by atoms with van der Waals surface area (Å²) in [6.45, 7) is 2.45. The number of hydrogen-bond donors (Lipinski definition) is 0. The SMILES string of the molecule is CCCOC(=O)CCCCC(=O)c1ccccc1. The van der Waals surface area contributed by atoms with Gasteiger partial charge in [-0.05, 0) is 19.3 Å². The lowest BCUT2D eigenvalue weighted by Crippen LogP contribution is -2.05. The molecule has 0 saturated heterocycles. The van der Waals surface area contributed by atoms with Crippen molar-refractivity contribution in [2.24, 2.45) is 0 Å². The third-order valence-electron chi connectivity index (χ3n) is 2.60. The van der Waals surface area contributed by atoms with Gasteiger partial charge in [0.1, 0.15) is 0 Å². The summed E-state index contributed by atoms with van der Waals surface area (Å²) in [6, 6.07) is 9.24. The van der Waals surface area contributed by atoms with Crippen LogP contribution in [-0.4, -0.2) is 18.4 Å². The van der Waals surface area contributed by atoms with Crippen molar-refractivity contribution in [1.82, 2.24) is 0 Å². The predicted octanol–water partition coefficient (Wildman–Crippen LogP) is 3.38. The van der Waals surface area contributed by atoms with Gasteiger partial charge < -0.3 is 4.74 Å². The van der Waals surface area contributed by atoms with Crippen LogP contribution in [0.1, 0.15) is 49.4 Å². The molecule has 0 fully saturated rings. The highest BCUT2D eigenvalue weighted by atomic mass is 16.5. The summed E-state index contributed by atoms with van der Waals surface area (Å²) in [5, 5.41) is 0. The molecule has 1 rings (SSSR count). The molecule has 0 aliphatic rings. The number of ether oxygens (including phenoxy) is 1. The maximum absolute atomic E-state index is 11.7. The van der Waals surface area contributed by atoms with Gasteiger partial charge in [-0.3, -0.25) is 9.59 Å². The molecule has 0 spiro atoms. The summed E-state index contributed by atoms with van der Waals surface area (Å²) in [5.41, 5.74) is 0.742. The van der Waals surface area contributed by atoms with Gasteiger partial charge in [0.25, 0.3) is 0 Å². The fraction of sp³-hybridized carbons (Fsp3) is 0.467. The van der Waals surface area contributed by atoms with Crippen molar-refractivity contribution < 1.29 is 14.3 Å². The second-order valence-electron chi connectivity index (χ2n) is 4.22. The minimum Gasteiger partial charge on any atom is -0.466 e. The first-order chi connectivity index (χ1) is 8.74. The fourth-order valence-electron chi connectivity index (χ4n) is 1.61. The zero-order chi connectivity index (χ0) is 13.2. The largest absolute Gasteiger partial charge is 0.466 e. The van der Waals surface area contributed by atoms with Crippen LogP contribution in [0.15, 0.2) is 30.3 Å². The quantitative estimate of drug-likeness (QED) is 0.402. The first-order valence-electron chi connectivity index (χ1n) is 6.48. The van der Waals surface area contributed by atoms with Crippen molar-refractivity contribution in [2.75, 3.05) is 6.61 Å². The third kappa shape index (κ3) is 5.62. The highest BCUT2D eigenvalue weighted by molar-refractivity contribution is 5.95. The Bertz CT molecular complexity index is 371. The van der Waals surface area contributed by atoms with E-state index in [2.05, 4.69) is 0 Å². The van der Waals surface area contributed by atoms with Crippen molar-refractivity contribution in [3.05, 3.63) is 35.9 Å². The lowest BCUT2D eigenvalue weighted by molar-refractivity contribution is -0.143. The van der Waals surface area contributed by atoms with E-state index < -0.39 is 0 Å². The van der Waals surface area contributed by atoms with Gasteiger partial charge in [0.15, 0.2) is 5.78 Å². The van der Waals surface area contributed by atoms with Crippen molar-refractivity contribution in [3.63, 3.8) is 0 Å². The van der Waals surface area contributed by atoms with Gasteiger partial charge in [-0.15, -0.1) is 0 Å². The summed E-state index contributed by atoms with van der Waals surface area (Å²) < 4.78 is 4.96. The summed E-state index contributed by atoms with van der Waals surface area (Å²) in [5.74, 6) is -0.0264. The highest BCUT2D eigenvalue weighted by Gasteiger charge is 2.06. The Morgan fingerprint density at radius 1 is 1.06 bits per heavy atom. The number of carbonyl (C=O) groups is 2. The number of unbranched alkanes of at least 4 members (excludes halogenated alkanes) is 1. The molecular weight excluding hydrogens is 228 g/mol. The van der Waals surface area contributed by atoms with Gasteiger partial charge >= 0.3 is 5.97 Å². The summed E-state index contributed by atoms with van der Waals surface area (Å²) in [7, 11) is 0. The lowest BCUT2D eigenvalue weighted by Gasteiger charge is -2.03. The number of esters is 1. The smallest absolute Gasteiger partial charge is 0.305 e. The van der Waals surface area contributed by atoms with Crippen molar-refractivity contribution in [1.29, 1.82) is 0 Å². The molecule has 0 N–H and O–H groups in total. The van der Waals surface area contributed by atoms with E-state index >= 15 is 0 Å². The molecule has 98 valence electrons. The maximum Gasteiger partial charge on any atom is 0.305 e. The van der Waals surface area contributed by atoms with Crippen LogP contribution in [0.3, 0.4) is 0 Å². The maximum atomic E-state index is 11.7. The number of Topliss-reactive ketones (excluding diaryl/α,β-unsaturated/α-hetero) is 1. The minimum atomic E-state index is -0.163. The van der Waals surface area contributed by atoms with Crippen molar-refractivity contribution in [3.8, 4) is 0 Å². The van der Waals surface area contributed by atoms with Gasteiger partial charge in [-0.2, -0.15) is 0 Å². The van der Waals surface area contributed by atoms with Crippen LogP contribution >= 0.6 is 0 Å². The third-order valence-corrected chi connectivity index (χ3v) is 2.60. The van der Waals surface area contributed by atoms with E-state index in [1.54, 1.807) is 0 Å². The van der Waals surface area contributed by atoms with Crippen molar-refractivity contribution >= 4 is 11.8 Å². The molecule has 1 aromatic carbocycles. The van der Waals surface area contributed by atoms with Crippen molar-refractivity contribution in [2.45, 2.75) is 39.0 Å². The van der Waals surface area contributed by atoms with Gasteiger partial charge in [-0.1, -0.05) is 37.3 Å².